The lowest BCUT2D eigenvalue weighted by Gasteiger charge is -2.19. The standard InChI is InChI=1S/C8H17O/c1-4-6-7-8(3,9)5-2/h9H,3-7H2,1-2H3. The van der Waals surface area contributed by atoms with Crippen molar-refractivity contribution in [2.45, 2.75) is 45.1 Å². The van der Waals surface area contributed by atoms with Gasteiger partial charge in [-0.1, -0.05) is 26.7 Å². The molecule has 9 heavy (non-hydrogen) atoms. The van der Waals surface area contributed by atoms with Gasteiger partial charge >= 0.3 is 0 Å². The van der Waals surface area contributed by atoms with Crippen LogP contribution in [0.4, 0.5) is 0 Å². The third kappa shape index (κ3) is 4.46. The Morgan fingerprint density at radius 3 is 2.33 bits per heavy atom. The summed E-state index contributed by atoms with van der Waals surface area (Å²) in [7, 11) is 0. The summed E-state index contributed by atoms with van der Waals surface area (Å²) in [4.78, 5) is 0. The monoisotopic (exact) mass is 129 g/mol. The van der Waals surface area contributed by atoms with Crippen molar-refractivity contribution < 1.29 is 5.11 Å². The number of hydrogen-bond donors (Lipinski definition) is 1. The summed E-state index contributed by atoms with van der Waals surface area (Å²) in [6.45, 7) is 7.76. The summed E-state index contributed by atoms with van der Waals surface area (Å²) >= 11 is 0. The number of rotatable bonds is 4. The van der Waals surface area contributed by atoms with Crippen LogP contribution in [0.15, 0.2) is 0 Å². The van der Waals surface area contributed by atoms with Crippen molar-refractivity contribution in [1.82, 2.24) is 0 Å². The zero-order valence-electron chi connectivity index (χ0n) is 6.48. The van der Waals surface area contributed by atoms with Crippen molar-refractivity contribution >= 4 is 0 Å². The van der Waals surface area contributed by atoms with Gasteiger partial charge in [-0.2, -0.15) is 0 Å². The fourth-order valence-electron chi connectivity index (χ4n) is 0.683. The van der Waals surface area contributed by atoms with Crippen LogP contribution in [0, 0.1) is 6.92 Å². The largest absolute Gasteiger partial charge is 0.390 e. The van der Waals surface area contributed by atoms with E-state index in [1.807, 2.05) is 6.92 Å². The van der Waals surface area contributed by atoms with Gasteiger partial charge in [-0.3, -0.25) is 0 Å². The Morgan fingerprint density at radius 1 is 1.44 bits per heavy atom. The maximum absolute atomic E-state index is 9.34. The molecule has 0 fully saturated rings. The number of aliphatic hydroxyl groups is 1. The van der Waals surface area contributed by atoms with Crippen molar-refractivity contribution in [3.63, 3.8) is 0 Å². The topological polar surface area (TPSA) is 20.2 Å². The molecule has 0 aliphatic heterocycles. The molecular weight excluding hydrogens is 112 g/mol. The van der Waals surface area contributed by atoms with Crippen LogP contribution in [0.2, 0.25) is 0 Å². The Hall–Kier alpha value is -0.0400. The lowest BCUT2D eigenvalue weighted by Crippen LogP contribution is -2.22. The minimum Gasteiger partial charge on any atom is -0.390 e. The Labute approximate surface area is 58.1 Å². The van der Waals surface area contributed by atoms with Gasteiger partial charge in [0.25, 0.3) is 0 Å². The molecule has 0 rings (SSSR count). The minimum atomic E-state index is -0.657. The van der Waals surface area contributed by atoms with Gasteiger partial charge < -0.3 is 5.11 Å². The van der Waals surface area contributed by atoms with Crippen LogP contribution in [-0.2, 0) is 0 Å². The van der Waals surface area contributed by atoms with Crippen LogP contribution >= 0.6 is 0 Å². The van der Waals surface area contributed by atoms with Gasteiger partial charge in [0.2, 0.25) is 0 Å². The first-order valence-electron chi connectivity index (χ1n) is 3.70. The molecule has 0 aromatic carbocycles. The zero-order chi connectivity index (χ0) is 7.33. The predicted molar refractivity (Wildman–Crippen MR) is 40.1 cm³/mol. The van der Waals surface area contributed by atoms with Crippen LogP contribution in [0.3, 0.4) is 0 Å². The Morgan fingerprint density at radius 2 is 2.00 bits per heavy atom. The van der Waals surface area contributed by atoms with Crippen LogP contribution in [0.5, 0.6) is 0 Å². The van der Waals surface area contributed by atoms with Gasteiger partial charge in [0.1, 0.15) is 0 Å². The summed E-state index contributed by atoms with van der Waals surface area (Å²) in [6, 6.07) is 0. The molecule has 1 N–H and O–H groups in total. The number of hydrogen-bond acceptors (Lipinski definition) is 1. The summed E-state index contributed by atoms with van der Waals surface area (Å²) in [5.74, 6) is 0. The van der Waals surface area contributed by atoms with Gasteiger partial charge in [-0.05, 0) is 19.8 Å². The van der Waals surface area contributed by atoms with Crippen molar-refractivity contribution in [3.05, 3.63) is 6.92 Å². The average molecular weight is 129 g/mol. The van der Waals surface area contributed by atoms with E-state index in [4.69, 9.17) is 0 Å². The third-order valence-electron chi connectivity index (χ3n) is 1.65. The first-order valence-corrected chi connectivity index (χ1v) is 3.70. The van der Waals surface area contributed by atoms with Gasteiger partial charge in [-0.15, -0.1) is 0 Å². The molecule has 0 saturated carbocycles. The summed E-state index contributed by atoms with van der Waals surface area (Å²) in [5, 5.41) is 9.34. The first-order chi connectivity index (χ1) is 4.12. The van der Waals surface area contributed by atoms with Crippen LogP contribution in [-0.4, -0.2) is 10.7 Å². The molecule has 0 aliphatic rings. The molecule has 0 aromatic rings. The SMILES string of the molecule is [CH2]C(O)(CC)CCCC. The molecule has 0 amide bonds. The molecule has 0 saturated heterocycles. The van der Waals surface area contributed by atoms with E-state index < -0.39 is 5.60 Å². The van der Waals surface area contributed by atoms with Gasteiger partial charge in [0.15, 0.2) is 0 Å². The van der Waals surface area contributed by atoms with E-state index in [9.17, 15) is 5.11 Å². The molecule has 1 nitrogen and oxygen atoms in total. The summed E-state index contributed by atoms with van der Waals surface area (Å²) in [5.41, 5.74) is -0.657. The summed E-state index contributed by atoms with van der Waals surface area (Å²) < 4.78 is 0. The Balaban J connectivity index is 3.33. The first kappa shape index (κ1) is 8.96. The van der Waals surface area contributed by atoms with Crippen LogP contribution in [0.25, 0.3) is 0 Å². The van der Waals surface area contributed by atoms with Gasteiger partial charge in [-0.25, -0.2) is 0 Å². The van der Waals surface area contributed by atoms with Crippen molar-refractivity contribution in [2.24, 2.45) is 0 Å². The van der Waals surface area contributed by atoms with E-state index >= 15 is 0 Å². The van der Waals surface area contributed by atoms with Gasteiger partial charge in [0.05, 0.1) is 5.60 Å². The highest BCUT2D eigenvalue weighted by molar-refractivity contribution is 4.78. The zero-order valence-corrected chi connectivity index (χ0v) is 6.48. The fourth-order valence-corrected chi connectivity index (χ4v) is 0.683. The normalized spacial score (nSPS) is 17.3. The van der Waals surface area contributed by atoms with E-state index in [-0.39, 0.29) is 0 Å². The average Bonchev–Trinajstić information content (AvgIpc) is 1.84. The predicted octanol–water partition coefficient (Wildman–Crippen LogP) is 2.15. The third-order valence-corrected chi connectivity index (χ3v) is 1.65. The van der Waals surface area contributed by atoms with Crippen molar-refractivity contribution in [2.75, 3.05) is 0 Å². The Bertz CT molecular complexity index is 67.0. The quantitative estimate of drug-likeness (QED) is 0.616. The maximum atomic E-state index is 9.34. The van der Waals surface area contributed by atoms with Crippen LogP contribution < -0.4 is 0 Å². The van der Waals surface area contributed by atoms with Crippen molar-refractivity contribution in [1.29, 1.82) is 0 Å². The lowest BCUT2D eigenvalue weighted by molar-refractivity contribution is 0.0720. The second-order valence-corrected chi connectivity index (χ2v) is 2.68. The molecule has 1 atom stereocenters. The highest BCUT2D eigenvalue weighted by Gasteiger charge is 2.15. The van der Waals surface area contributed by atoms with Gasteiger partial charge in [0, 0.05) is 0 Å². The molecule has 0 heterocycles. The highest BCUT2D eigenvalue weighted by atomic mass is 16.3. The van der Waals surface area contributed by atoms with E-state index in [1.165, 1.54) is 0 Å². The molecule has 55 valence electrons. The molecule has 0 aromatic heterocycles. The highest BCUT2D eigenvalue weighted by Crippen LogP contribution is 2.15. The second kappa shape index (κ2) is 3.89. The van der Waals surface area contributed by atoms with E-state index in [1.54, 1.807) is 0 Å². The second-order valence-electron chi connectivity index (χ2n) is 2.68. The van der Waals surface area contributed by atoms with E-state index in [2.05, 4.69) is 13.8 Å². The minimum absolute atomic E-state index is 0.657. The van der Waals surface area contributed by atoms with E-state index in [0.717, 1.165) is 25.7 Å². The smallest absolute Gasteiger partial charge is 0.0646 e. The molecule has 0 spiro atoms. The number of unbranched alkanes of at least 4 members (excludes halogenated alkanes) is 1. The summed E-state index contributed by atoms with van der Waals surface area (Å²) in [6.07, 6.45) is 3.80. The molecular formula is C8H17O. The molecule has 1 unspecified atom stereocenters. The Kier molecular flexibility index (Phi) is 3.87. The fraction of sp³-hybridized carbons (Fsp3) is 0.875. The maximum Gasteiger partial charge on any atom is 0.0646 e. The lowest BCUT2D eigenvalue weighted by atomic mass is 9.97. The molecule has 0 aliphatic carbocycles. The van der Waals surface area contributed by atoms with E-state index in [0.29, 0.717) is 0 Å². The molecule has 0 bridgehead atoms. The molecule has 1 radical (unpaired) electrons. The molecule has 1 heteroatoms. The van der Waals surface area contributed by atoms with Crippen molar-refractivity contribution in [3.8, 4) is 0 Å². The van der Waals surface area contributed by atoms with Crippen LogP contribution in [0.1, 0.15) is 39.5 Å².